The molecule has 1 aromatic heterocycles. The molecule has 1 N–H and O–H groups in total. The van der Waals surface area contributed by atoms with Crippen molar-refractivity contribution in [2.24, 2.45) is 0 Å². The van der Waals surface area contributed by atoms with E-state index >= 15 is 0 Å². The lowest BCUT2D eigenvalue weighted by atomic mass is 10.1. The number of fused-ring (bicyclic) bond motifs is 1. The van der Waals surface area contributed by atoms with E-state index in [0.29, 0.717) is 23.9 Å². The number of rotatable bonds is 6. The Labute approximate surface area is 187 Å². The molecular formula is C25H25N3O4. The van der Waals surface area contributed by atoms with Crippen LogP contribution >= 0.6 is 0 Å². The molecule has 1 aliphatic rings. The van der Waals surface area contributed by atoms with Gasteiger partial charge in [-0.15, -0.1) is 0 Å². The maximum Gasteiger partial charge on any atom is 0.268 e. The Bertz CT molecular complexity index is 1140. The number of carbonyl (C=O) groups excluding carboxylic acids is 2. The molecule has 7 nitrogen and oxygen atoms in total. The SMILES string of the molecule is Cc1ccc(C)c(Oc2ccc(CNC(=O)CN3C(=O)C(C)Oc4ccccc43)cn2)c1. The lowest BCUT2D eigenvalue weighted by Crippen LogP contribution is -2.48. The van der Waals surface area contributed by atoms with E-state index in [1.165, 1.54) is 4.90 Å². The van der Waals surface area contributed by atoms with Crippen LogP contribution in [0, 0.1) is 13.8 Å². The van der Waals surface area contributed by atoms with Crippen LogP contribution in [0.1, 0.15) is 23.6 Å². The van der Waals surface area contributed by atoms with Crippen LogP contribution in [0.2, 0.25) is 0 Å². The molecule has 4 rings (SSSR count). The van der Waals surface area contributed by atoms with Gasteiger partial charge in [0.25, 0.3) is 5.91 Å². The zero-order valence-corrected chi connectivity index (χ0v) is 18.3. The highest BCUT2D eigenvalue weighted by atomic mass is 16.5. The normalized spacial score (nSPS) is 15.0. The van der Waals surface area contributed by atoms with Crippen molar-refractivity contribution in [3.05, 3.63) is 77.5 Å². The maximum atomic E-state index is 12.5. The molecule has 32 heavy (non-hydrogen) atoms. The van der Waals surface area contributed by atoms with Gasteiger partial charge < -0.3 is 14.8 Å². The van der Waals surface area contributed by atoms with E-state index in [1.54, 1.807) is 31.3 Å². The number of aromatic nitrogens is 1. The smallest absolute Gasteiger partial charge is 0.268 e. The molecule has 3 aromatic rings. The van der Waals surface area contributed by atoms with Crippen molar-refractivity contribution in [1.82, 2.24) is 10.3 Å². The molecule has 1 unspecified atom stereocenters. The van der Waals surface area contributed by atoms with Crippen molar-refractivity contribution < 1.29 is 19.1 Å². The molecule has 0 aliphatic carbocycles. The van der Waals surface area contributed by atoms with Gasteiger partial charge in [0.05, 0.1) is 5.69 Å². The highest BCUT2D eigenvalue weighted by Crippen LogP contribution is 2.33. The van der Waals surface area contributed by atoms with Crippen LogP contribution in [0.3, 0.4) is 0 Å². The van der Waals surface area contributed by atoms with E-state index in [4.69, 9.17) is 9.47 Å². The van der Waals surface area contributed by atoms with Crippen LogP contribution in [0.25, 0.3) is 0 Å². The maximum absolute atomic E-state index is 12.5. The molecule has 2 amide bonds. The Balaban J connectivity index is 1.35. The van der Waals surface area contributed by atoms with E-state index in [9.17, 15) is 9.59 Å². The summed E-state index contributed by atoms with van der Waals surface area (Å²) in [6, 6.07) is 16.8. The van der Waals surface area contributed by atoms with E-state index in [-0.39, 0.29) is 18.4 Å². The van der Waals surface area contributed by atoms with Gasteiger partial charge in [-0.2, -0.15) is 0 Å². The topological polar surface area (TPSA) is 80.8 Å². The fourth-order valence-corrected chi connectivity index (χ4v) is 3.43. The monoisotopic (exact) mass is 431 g/mol. The molecule has 1 aliphatic heterocycles. The third kappa shape index (κ3) is 4.72. The summed E-state index contributed by atoms with van der Waals surface area (Å²) in [5.74, 6) is 1.34. The van der Waals surface area contributed by atoms with Crippen LogP contribution in [-0.4, -0.2) is 29.4 Å². The quantitative estimate of drug-likeness (QED) is 0.640. The summed E-state index contributed by atoms with van der Waals surface area (Å²) in [6.07, 6.45) is 1.03. The molecule has 7 heteroatoms. The summed E-state index contributed by atoms with van der Waals surface area (Å²) in [6.45, 7) is 5.89. The first kappa shape index (κ1) is 21.4. The zero-order chi connectivity index (χ0) is 22.7. The standard InChI is InChI=1S/C25H25N3O4/c1-16-8-9-17(2)22(12-16)32-24-11-10-19(14-27-24)13-26-23(29)15-28-20-6-4-5-7-21(20)31-18(3)25(28)30/h4-12,14,18H,13,15H2,1-3H3,(H,26,29). The minimum Gasteiger partial charge on any atom is -0.479 e. The number of pyridine rings is 1. The van der Waals surface area contributed by atoms with Crippen molar-refractivity contribution >= 4 is 17.5 Å². The average molecular weight is 431 g/mol. The van der Waals surface area contributed by atoms with Crippen molar-refractivity contribution in [1.29, 1.82) is 0 Å². The Hall–Kier alpha value is -3.87. The van der Waals surface area contributed by atoms with Crippen molar-refractivity contribution in [3.63, 3.8) is 0 Å². The number of para-hydroxylation sites is 2. The van der Waals surface area contributed by atoms with E-state index in [0.717, 1.165) is 22.4 Å². The van der Waals surface area contributed by atoms with Gasteiger partial charge in [-0.25, -0.2) is 4.98 Å². The van der Waals surface area contributed by atoms with Gasteiger partial charge in [0.2, 0.25) is 11.8 Å². The van der Waals surface area contributed by atoms with E-state index in [1.807, 2.05) is 50.2 Å². The molecule has 2 aromatic carbocycles. The van der Waals surface area contributed by atoms with Gasteiger partial charge in [-0.3, -0.25) is 14.5 Å². The first-order valence-electron chi connectivity index (χ1n) is 10.4. The van der Waals surface area contributed by atoms with Crippen LogP contribution < -0.4 is 19.7 Å². The summed E-state index contributed by atoms with van der Waals surface area (Å²) >= 11 is 0. The second-order valence-corrected chi connectivity index (χ2v) is 7.80. The average Bonchev–Trinajstić information content (AvgIpc) is 2.79. The lowest BCUT2D eigenvalue weighted by Gasteiger charge is -2.32. The fraction of sp³-hybridized carbons (Fsp3) is 0.240. The van der Waals surface area contributed by atoms with E-state index < -0.39 is 6.10 Å². The first-order valence-corrected chi connectivity index (χ1v) is 10.4. The molecule has 0 bridgehead atoms. The largest absolute Gasteiger partial charge is 0.479 e. The highest BCUT2D eigenvalue weighted by Gasteiger charge is 2.32. The molecule has 0 spiro atoms. The highest BCUT2D eigenvalue weighted by molar-refractivity contribution is 6.03. The van der Waals surface area contributed by atoms with Gasteiger partial charge in [0, 0.05) is 18.8 Å². The minimum absolute atomic E-state index is 0.0786. The number of carbonyl (C=O) groups is 2. The van der Waals surface area contributed by atoms with Gasteiger partial charge in [-0.1, -0.05) is 30.3 Å². The molecule has 0 fully saturated rings. The van der Waals surface area contributed by atoms with Crippen molar-refractivity contribution in [2.45, 2.75) is 33.4 Å². The number of ether oxygens (including phenoxy) is 2. The van der Waals surface area contributed by atoms with Gasteiger partial charge >= 0.3 is 0 Å². The van der Waals surface area contributed by atoms with Crippen LogP contribution in [-0.2, 0) is 16.1 Å². The Morgan fingerprint density at radius 1 is 1.16 bits per heavy atom. The summed E-state index contributed by atoms with van der Waals surface area (Å²) in [4.78, 5) is 30.9. The fourth-order valence-electron chi connectivity index (χ4n) is 3.43. The number of hydrogen-bond donors (Lipinski definition) is 1. The molecule has 0 saturated carbocycles. The number of nitrogens with one attached hydrogen (secondary N) is 1. The lowest BCUT2D eigenvalue weighted by molar-refractivity contribution is -0.128. The second kappa shape index (κ2) is 9.09. The Morgan fingerprint density at radius 2 is 1.97 bits per heavy atom. The predicted octanol–water partition coefficient (Wildman–Crippen LogP) is 3.92. The van der Waals surface area contributed by atoms with Crippen LogP contribution in [0.4, 0.5) is 5.69 Å². The predicted molar refractivity (Wildman–Crippen MR) is 121 cm³/mol. The molecule has 164 valence electrons. The van der Waals surface area contributed by atoms with Crippen molar-refractivity contribution in [3.8, 4) is 17.4 Å². The summed E-state index contributed by atoms with van der Waals surface area (Å²) < 4.78 is 11.5. The van der Waals surface area contributed by atoms with Gasteiger partial charge in [-0.05, 0) is 55.7 Å². The Kier molecular flexibility index (Phi) is 6.07. The number of hydrogen-bond acceptors (Lipinski definition) is 5. The molecule has 2 heterocycles. The number of anilines is 1. The van der Waals surface area contributed by atoms with Crippen LogP contribution in [0.15, 0.2) is 60.8 Å². The second-order valence-electron chi connectivity index (χ2n) is 7.80. The number of amides is 2. The molecule has 1 atom stereocenters. The molecule has 0 radical (unpaired) electrons. The zero-order valence-electron chi connectivity index (χ0n) is 18.3. The first-order chi connectivity index (χ1) is 15.4. The summed E-state index contributed by atoms with van der Waals surface area (Å²) in [7, 11) is 0. The third-order valence-electron chi connectivity index (χ3n) is 5.22. The third-order valence-corrected chi connectivity index (χ3v) is 5.22. The number of benzene rings is 2. The van der Waals surface area contributed by atoms with Gasteiger partial charge in [0.15, 0.2) is 6.10 Å². The minimum atomic E-state index is -0.633. The van der Waals surface area contributed by atoms with Gasteiger partial charge in [0.1, 0.15) is 18.0 Å². The Morgan fingerprint density at radius 3 is 2.75 bits per heavy atom. The van der Waals surface area contributed by atoms with Crippen molar-refractivity contribution in [2.75, 3.05) is 11.4 Å². The van der Waals surface area contributed by atoms with E-state index in [2.05, 4.69) is 10.3 Å². The number of aryl methyl sites for hydroxylation is 2. The van der Waals surface area contributed by atoms with Crippen LogP contribution in [0.5, 0.6) is 17.4 Å². The molecule has 0 saturated heterocycles. The number of nitrogens with zero attached hydrogens (tertiary/aromatic N) is 2. The summed E-state index contributed by atoms with van der Waals surface area (Å²) in [5, 5.41) is 2.84. The molecular weight excluding hydrogens is 406 g/mol. The summed E-state index contributed by atoms with van der Waals surface area (Å²) in [5.41, 5.74) is 3.57.